The molecule has 0 aliphatic heterocycles. The van der Waals surface area contributed by atoms with Gasteiger partial charge in [0.05, 0.1) is 11.3 Å². The highest BCUT2D eigenvalue weighted by molar-refractivity contribution is 9.10. The molecule has 0 spiro atoms. The molecule has 2 aromatic carbocycles. The molecular formula is C16H12BrF3N2O8S. The summed E-state index contributed by atoms with van der Waals surface area (Å²) in [5, 5.41) is 30.4. The molecule has 2 rings (SSSR count). The van der Waals surface area contributed by atoms with Gasteiger partial charge >= 0.3 is 12.3 Å². The number of nitrogens with one attached hydrogen (secondary N) is 2. The second-order valence-corrected chi connectivity index (χ2v) is 8.28. The fraction of sp³-hybridized carbons (Fsp3) is 0.125. The summed E-state index contributed by atoms with van der Waals surface area (Å²) < 4.78 is 68.7. The van der Waals surface area contributed by atoms with Crippen molar-refractivity contribution in [1.29, 1.82) is 0 Å². The van der Waals surface area contributed by atoms with Crippen LogP contribution in [0.4, 0.5) is 18.9 Å². The predicted octanol–water partition coefficient (Wildman–Crippen LogP) is 2.37. The molecule has 1 amide bonds. The van der Waals surface area contributed by atoms with Gasteiger partial charge in [-0.1, -0.05) is 15.9 Å². The maximum Gasteiger partial charge on any atom is 0.573 e. The van der Waals surface area contributed by atoms with Crippen molar-refractivity contribution >= 4 is 43.5 Å². The minimum Gasteiger partial charge on any atom is -0.507 e. The number of carbonyl (C=O) groups is 2. The molecule has 0 fully saturated rings. The summed E-state index contributed by atoms with van der Waals surface area (Å²) in [6.45, 7) is -0.935. The number of anilines is 1. The van der Waals surface area contributed by atoms with Crippen LogP contribution in [0.1, 0.15) is 10.4 Å². The first-order valence-electron chi connectivity index (χ1n) is 7.83. The minimum atomic E-state index is -5.23. The molecule has 31 heavy (non-hydrogen) atoms. The smallest absolute Gasteiger partial charge is 0.507 e. The number of rotatable bonds is 7. The van der Waals surface area contributed by atoms with Crippen LogP contribution in [0.2, 0.25) is 0 Å². The van der Waals surface area contributed by atoms with Crippen molar-refractivity contribution in [2.45, 2.75) is 11.3 Å². The summed E-state index contributed by atoms with van der Waals surface area (Å²) in [5.74, 6) is -5.71. The van der Waals surface area contributed by atoms with E-state index in [2.05, 4.69) is 20.7 Å². The Morgan fingerprint density at radius 3 is 2.35 bits per heavy atom. The van der Waals surface area contributed by atoms with E-state index < -0.39 is 68.2 Å². The molecule has 0 heterocycles. The highest BCUT2D eigenvalue weighted by Gasteiger charge is 2.33. The van der Waals surface area contributed by atoms with Gasteiger partial charge in [0.25, 0.3) is 15.9 Å². The maximum atomic E-state index is 12.6. The van der Waals surface area contributed by atoms with E-state index >= 15 is 0 Å². The highest BCUT2D eigenvalue weighted by Crippen LogP contribution is 2.37. The zero-order valence-electron chi connectivity index (χ0n) is 14.9. The number of benzene rings is 2. The number of carboxylic acids is 1. The molecule has 15 heteroatoms. The van der Waals surface area contributed by atoms with Gasteiger partial charge in [-0.15, -0.1) is 13.2 Å². The fourth-order valence-corrected chi connectivity index (χ4v) is 3.90. The molecule has 0 radical (unpaired) electrons. The molecule has 0 aliphatic carbocycles. The van der Waals surface area contributed by atoms with Crippen LogP contribution in [0, 0.1) is 0 Å². The first-order valence-corrected chi connectivity index (χ1v) is 10.1. The Bertz CT molecular complexity index is 1140. The van der Waals surface area contributed by atoms with Gasteiger partial charge in [-0.05, 0) is 24.3 Å². The van der Waals surface area contributed by atoms with Crippen molar-refractivity contribution in [1.82, 2.24) is 5.32 Å². The van der Waals surface area contributed by atoms with Crippen LogP contribution in [-0.2, 0) is 14.8 Å². The number of halogens is 4. The summed E-state index contributed by atoms with van der Waals surface area (Å²) in [6.07, 6.45) is -5.23. The number of sulfonamides is 1. The molecule has 168 valence electrons. The topological polar surface area (TPSA) is 162 Å². The predicted molar refractivity (Wildman–Crippen MR) is 101 cm³/mol. The number of aromatic hydroxyl groups is 2. The van der Waals surface area contributed by atoms with Crippen LogP contribution < -0.4 is 14.8 Å². The lowest BCUT2D eigenvalue weighted by atomic mass is 10.1. The van der Waals surface area contributed by atoms with Crippen LogP contribution >= 0.6 is 15.9 Å². The van der Waals surface area contributed by atoms with E-state index in [4.69, 9.17) is 5.11 Å². The number of phenolic OH excluding ortho intramolecular Hbond substituents is 2. The quantitative estimate of drug-likeness (QED) is 0.342. The number of carboxylic acid groups (broad SMARTS) is 1. The third-order valence-electron chi connectivity index (χ3n) is 3.42. The van der Waals surface area contributed by atoms with E-state index in [1.165, 1.54) is 6.07 Å². The maximum absolute atomic E-state index is 12.6. The highest BCUT2D eigenvalue weighted by atomic mass is 79.9. The first-order chi connectivity index (χ1) is 14.2. The number of phenols is 2. The Kier molecular flexibility index (Phi) is 6.90. The Balaban J connectivity index is 2.55. The van der Waals surface area contributed by atoms with E-state index in [-0.39, 0.29) is 4.47 Å². The molecule has 0 aromatic heterocycles. The van der Waals surface area contributed by atoms with Gasteiger partial charge in [0.2, 0.25) is 0 Å². The summed E-state index contributed by atoms with van der Waals surface area (Å²) in [4.78, 5) is 22.0. The summed E-state index contributed by atoms with van der Waals surface area (Å²) in [5.41, 5.74) is -1.80. The van der Waals surface area contributed by atoms with Crippen molar-refractivity contribution in [3.05, 3.63) is 40.4 Å². The zero-order valence-corrected chi connectivity index (χ0v) is 17.3. The number of carbonyl (C=O) groups excluding carboxylic acids is 1. The van der Waals surface area contributed by atoms with Crippen LogP contribution in [0.3, 0.4) is 0 Å². The van der Waals surface area contributed by atoms with Gasteiger partial charge < -0.3 is 25.4 Å². The van der Waals surface area contributed by atoms with Crippen molar-refractivity contribution in [3.8, 4) is 17.2 Å². The summed E-state index contributed by atoms with van der Waals surface area (Å²) in [6, 6.07) is 4.20. The lowest BCUT2D eigenvalue weighted by Crippen LogP contribution is -2.29. The van der Waals surface area contributed by atoms with E-state index in [1.807, 2.05) is 5.32 Å². The molecular weight excluding hydrogens is 517 g/mol. The number of ether oxygens (including phenoxy) is 1. The van der Waals surface area contributed by atoms with Gasteiger partial charge in [0.15, 0.2) is 5.75 Å². The van der Waals surface area contributed by atoms with Crippen LogP contribution in [0.25, 0.3) is 0 Å². The molecule has 0 saturated heterocycles. The van der Waals surface area contributed by atoms with Crippen LogP contribution in [0.5, 0.6) is 17.2 Å². The molecule has 0 atom stereocenters. The standard InChI is InChI=1S/C16H12BrF3N2O8S/c17-7-1-2-11(23)12(3-7)31(28,29)22-10-5-8(30-16(18,19)20)4-9(14(10)26)15(27)21-6-13(24)25/h1-5,22-23,26H,6H2,(H,21,27)(H,24,25). The van der Waals surface area contributed by atoms with Gasteiger partial charge in [0, 0.05) is 10.5 Å². The van der Waals surface area contributed by atoms with Crippen molar-refractivity contribution < 1.29 is 51.2 Å². The normalized spacial score (nSPS) is 11.6. The van der Waals surface area contributed by atoms with Crippen LogP contribution in [-0.4, -0.2) is 48.5 Å². The van der Waals surface area contributed by atoms with E-state index in [0.29, 0.717) is 12.1 Å². The van der Waals surface area contributed by atoms with Crippen molar-refractivity contribution in [2.75, 3.05) is 11.3 Å². The Morgan fingerprint density at radius 1 is 1.13 bits per heavy atom. The van der Waals surface area contributed by atoms with Crippen LogP contribution in [0.15, 0.2) is 39.7 Å². The van der Waals surface area contributed by atoms with Gasteiger partial charge in [-0.3, -0.25) is 14.3 Å². The molecule has 0 saturated carbocycles. The number of hydrogen-bond acceptors (Lipinski definition) is 7. The van der Waals surface area contributed by atoms with Gasteiger partial charge in [-0.2, -0.15) is 0 Å². The average molecular weight is 529 g/mol. The van der Waals surface area contributed by atoms with E-state index in [9.17, 15) is 41.4 Å². The van der Waals surface area contributed by atoms with Crippen molar-refractivity contribution in [3.63, 3.8) is 0 Å². The van der Waals surface area contributed by atoms with E-state index in [1.54, 1.807) is 4.72 Å². The van der Waals surface area contributed by atoms with Gasteiger partial charge in [-0.25, -0.2) is 8.42 Å². The SMILES string of the molecule is O=C(O)CNC(=O)c1cc(OC(F)(F)F)cc(NS(=O)(=O)c2cc(Br)ccc2O)c1O. The molecule has 5 N–H and O–H groups in total. The fourth-order valence-electron chi connectivity index (χ4n) is 2.21. The lowest BCUT2D eigenvalue weighted by molar-refractivity contribution is -0.274. The van der Waals surface area contributed by atoms with Gasteiger partial charge in [0.1, 0.15) is 22.9 Å². The Labute approximate surface area is 180 Å². The summed E-state index contributed by atoms with van der Waals surface area (Å²) in [7, 11) is -4.67. The second-order valence-electron chi connectivity index (χ2n) is 5.71. The molecule has 10 nitrogen and oxygen atoms in total. The lowest BCUT2D eigenvalue weighted by Gasteiger charge is -2.16. The summed E-state index contributed by atoms with van der Waals surface area (Å²) >= 11 is 2.99. The minimum absolute atomic E-state index is 0.234. The Morgan fingerprint density at radius 2 is 1.77 bits per heavy atom. The monoisotopic (exact) mass is 528 g/mol. The average Bonchev–Trinajstić information content (AvgIpc) is 2.62. The molecule has 0 aliphatic rings. The number of hydrogen-bond donors (Lipinski definition) is 5. The van der Waals surface area contributed by atoms with Crippen molar-refractivity contribution in [2.24, 2.45) is 0 Å². The molecule has 0 unspecified atom stereocenters. The Hall–Kier alpha value is -3.20. The molecule has 0 bridgehead atoms. The molecule has 2 aromatic rings. The first kappa shape index (κ1) is 24.1. The number of alkyl halides is 3. The third-order valence-corrected chi connectivity index (χ3v) is 5.31. The van der Waals surface area contributed by atoms with E-state index in [0.717, 1.165) is 12.1 Å². The largest absolute Gasteiger partial charge is 0.573 e. The zero-order chi connectivity index (χ0) is 23.6. The number of amides is 1. The second kappa shape index (κ2) is 8.89. The third kappa shape index (κ3) is 6.39. The number of aliphatic carboxylic acids is 1.